The molecule has 0 aromatic rings. The topological polar surface area (TPSA) is 67.3 Å². The summed E-state index contributed by atoms with van der Waals surface area (Å²) in [5, 5.41) is 0. The van der Waals surface area contributed by atoms with E-state index in [-0.39, 0.29) is 0 Å². The fourth-order valence-corrected chi connectivity index (χ4v) is 1.72. The standard InChI is InChI=1S/C9H23IN4/c10-13-6-3-9-14(7-1-4-11)8-2-5-12/h13H,1-9,11-12H2. The summed E-state index contributed by atoms with van der Waals surface area (Å²) in [6, 6.07) is 0. The van der Waals surface area contributed by atoms with Gasteiger partial charge in [0.1, 0.15) is 0 Å². The molecule has 0 aliphatic rings. The molecular formula is C9H23IN4. The van der Waals surface area contributed by atoms with Crippen molar-refractivity contribution in [3.8, 4) is 0 Å². The van der Waals surface area contributed by atoms with E-state index in [0.29, 0.717) is 0 Å². The predicted octanol–water partition coefficient (Wildman–Crippen LogP) is 0.316. The minimum absolute atomic E-state index is 0.781. The average molecular weight is 314 g/mol. The number of nitrogens with zero attached hydrogens (tertiary/aromatic N) is 1. The predicted molar refractivity (Wildman–Crippen MR) is 70.4 cm³/mol. The minimum atomic E-state index is 0.781. The van der Waals surface area contributed by atoms with Crippen molar-refractivity contribution < 1.29 is 0 Å². The molecule has 14 heavy (non-hydrogen) atoms. The molecule has 0 fully saturated rings. The summed E-state index contributed by atoms with van der Waals surface area (Å²) < 4.78 is 3.13. The number of hydrogen-bond donors (Lipinski definition) is 3. The van der Waals surface area contributed by atoms with Crippen molar-refractivity contribution in [2.45, 2.75) is 19.3 Å². The van der Waals surface area contributed by atoms with E-state index in [0.717, 1.165) is 52.1 Å². The second kappa shape index (κ2) is 11.6. The lowest BCUT2D eigenvalue weighted by atomic mass is 10.3. The third-order valence-electron chi connectivity index (χ3n) is 2.10. The molecule has 86 valence electrons. The van der Waals surface area contributed by atoms with Gasteiger partial charge in [0, 0.05) is 29.4 Å². The van der Waals surface area contributed by atoms with Crippen molar-refractivity contribution >= 4 is 22.9 Å². The second-order valence-corrected chi connectivity index (χ2v) is 4.13. The number of halogens is 1. The minimum Gasteiger partial charge on any atom is -0.330 e. The Morgan fingerprint density at radius 3 is 1.86 bits per heavy atom. The Bertz CT molecular complexity index is 105. The first-order chi connectivity index (χ1) is 6.85. The van der Waals surface area contributed by atoms with Crippen LogP contribution < -0.4 is 15.0 Å². The highest BCUT2D eigenvalue weighted by Crippen LogP contribution is 1.95. The smallest absolute Gasteiger partial charge is 0.0169 e. The zero-order chi connectivity index (χ0) is 10.6. The van der Waals surface area contributed by atoms with Crippen LogP contribution in [0.15, 0.2) is 0 Å². The maximum absolute atomic E-state index is 5.50. The van der Waals surface area contributed by atoms with E-state index < -0.39 is 0 Å². The van der Waals surface area contributed by atoms with Crippen LogP contribution in [0, 0.1) is 0 Å². The summed E-state index contributed by atoms with van der Waals surface area (Å²) in [5.41, 5.74) is 11.0. The van der Waals surface area contributed by atoms with Gasteiger partial charge in [0.25, 0.3) is 0 Å². The molecule has 0 aromatic heterocycles. The highest BCUT2D eigenvalue weighted by molar-refractivity contribution is 14.1. The van der Waals surface area contributed by atoms with Gasteiger partial charge in [0.05, 0.1) is 0 Å². The normalized spacial score (nSPS) is 11.1. The zero-order valence-corrected chi connectivity index (χ0v) is 11.0. The molecule has 0 saturated carbocycles. The maximum Gasteiger partial charge on any atom is 0.0169 e. The van der Waals surface area contributed by atoms with Crippen LogP contribution in [0.2, 0.25) is 0 Å². The maximum atomic E-state index is 5.50. The van der Waals surface area contributed by atoms with Gasteiger partial charge in [-0.1, -0.05) is 0 Å². The van der Waals surface area contributed by atoms with Crippen LogP contribution in [-0.2, 0) is 0 Å². The molecule has 0 spiro atoms. The lowest BCUT2D eigenvalue weighted by Gasteiger charge is -2.21. The van der Waals surface area contributed by atoms with E-state index in [4.69, 9.17) is 11.5 Å². The van der Waals surface area contributed by atoms with Gasteiger partial charge in [0.15, 0.2) is 0 Å². The molecule has 5 heteroatoms. The molecule has 0 atom stereocenters. The molecule has 0 aliphatic carbocycles. The van der Waals surface area contributed by atoms with Gasteiger partial charge in [-0.3, -0.25) is 3.53 Å². The third kappa shape index (κ3) is 9.14. The zero-order valence-electron chi connectivity index (χ0n) is 8.84. The summed E-state index contributed by atoms with van der Waals surface area (Å²) in [6.45, 7) is 6.00. The third-order valence-corrected chi connectivity index (χ3v) is 2.64. The summed E-state index contributed by atoms with van der Waals surface area (Å²) in [7, 11) is 0. The van der Waals surface area contributed by atoms with Gasteiger partial charge >= 0.3 is 0 Å². The first kappa shape index (κ1) is 14.6. The van der Waals surface area contributed by atoms with E-state index in [1.54, 1.807) is 0 Å². The first-order valence-electron chi connectivity index (χ1n) is 5.31. The number of nitrogens with one attached hydrogen (secondary N) is 1. The second-order valence-electron chi connectivity index (χ2n) is 3.36. The summed E-state index contributed by atoms with van der Waals surface area (Å²) >= 11 is 2.18. The lowest BCUT2D eigenvalue weighted by molar-refractivity contribution is 0.268. The molecule has 0 aromatic carbocycles. The number of nitrogens with two attached hydrogens (primary N) is 2. The Kier molecular flexibility index (Phi) is 12.1. The van der Waals surface area contributed by atoms with Crippen molar-refractivity contribution in [3.05, 3.63) is 0 Å². The SMILES string of the molecule is NCCCN(CCCN)CCCNI. The highest BCUT2D eigenvalue weighted by atomic mass is 127. The lowest BCUT2D eigenvalue weighted by Crippen LogP contribution is -2.30. The van der Waals surface area contributed by atoms with Gasteiger partial charge < -0.3 is 16.4 Å². The van der Waals surface area contributed by atoms with Crippen molar-refractivity contribution in [2.24, 2.45) is 11.5 Å². The first-order valence-corrected chi connectivity index (χ1v) is 6.39. The molecule has 0 unspecified atom stereocenters. The van der Waals surface area contributed by atoms with Crippen LogP contribution >= 0.6 is 22.9 Å². The fraction of sp³-hybridized carbons (Fsp3) is 1.00. The average Bonchev–Trinajstić information content (AvgIpc) is 2.21. The largest absolute Gasteiger partial charge is 0.330 e. The van der Waals surface area contributed by atoms with Crippen molar-refractivity contribution in [2.75, 3.05) is 39.3 Å². The fourth-order valence-electron chi connectivity index (χ4n) is 1.33. The molecule has 0 saturated heterocycles. The van der Waals surface area contributed by atoms with E-state index in [9.17, 15) is 0 Å². The molecule has 4 nitrogen and oxygen atoms in total. The van der Waals surface area contributed by atoms with E-state index in [2.05, 4.69) is 31.3 Å². The molecular weight excluding hydrogens is 291 g/mol. The van der Waals surface area contributed by atoms with Crippen LogP contribution in [-0.4, -0.2) is 44.2 Å². The molecule has 0 amide bonds. The van der Waals surface area contributed by atoms with Crippen LogP contribution in [0.5, 0.6) is 0 Å². The van der Waals surface area contributed by atoms with Crippen LogP contribution in [0.4, 0.5) is 0 Å². The van der Waals surface area contributed by atoms with Gasteiger partial charge in [-0.15, -0.1) is 0 Å². The molecule has 5 N–H and O–H groups in total. The quantitative estimate of drug-likeness (QED) is 0.309. The number of hydrogen-bond acceptors (Lipinski definition) is 4. The van der Waals surface area contributed by atoms with Crippen molar-refractivity contribution in [3.63, 3.8) is 0 Å². The van der Waals surface area contributed by atoms with Gasteiger partial charge in [0.2, 0.25) is 0 Å². The molecule has 0 heterocycles. The summed E-state index contributed by atoms with van der Waals surface area (Å²) in [4.78, 5) is 2.45. The summed E-state index contributed by atoms with van der Waals surface area (Å²) in [5.74, 6) is 0. The Morgan fingerprint density at radius 1 is 0.929 bits per heavy atom. The molecule has 0 bridgehead atoms. The van der Waals surface area contributed by atoms with Gasteiger partial charge in [-0.05, 0) is 52.0 Å². The van der Waals surface area contributed by atoms with Crippen molar-refractivity contribution in [1.82, 2.24) is 8.43 Å². The highest BCUT2D eigenvalue weighted by Gasteiger charge is 2.02. The Balaban J connectivity index is 3.49. The van der Waals surface area contributed by atoms with Crippen LogP contribution in [0.25, 0.3) is 0 Å². The monoisotopic (exact) mass is 314 g/mol. The van der Waals surface area contributed by atoms with Crippen LogP contribution in [0.3, 0.4) is 0 Å². The van der Waals surface area contributed by atoms with E-state index in [1.807, 2.05) is 0 Å². The molecule has 0 radical (unpaired) electrons. The van der Waals surface area contributed by atoms with Crippen LogP contribution in [0.1, 0.15) is 19.3 Å². The molecule has 0 rings (SSSR count). The number of rotatable bonds is 10. The van der Waals surface area contributed by atoms with Gasteiger partial charge in [-0.2, -0.15) is 0 Å². The Hall–Kier alpha value is 0.570. The van der Waals surface area contributed by atoms with Crippen molar-refractivity contribution in [1.29, 1.82) is 0 Å². The van der Waals surface area contributed by atoms with E-state index in [1.165, 1.54) is 6.42 Å². The van der Waals surface area contributed by atoms with Gasteiger partial charge in [-0.25, -0.2) is 0 Å². The molecule has 0 aliphatic heterocycles. The Morgan fingerprint density at radius 2 is 1.43 bits per heavy atom. The Labute approximate surface area is 101 Å². The van der Waals surface area contributed by atoms with E-state index >= 15 is 0 Å². The summed E-state index contributed by atoms with van der Waals surface area (Å²) in [6.07, 6.45) is 3.36.